The maximum absolute atomic E-state index is 5.50. The number of hydrogen-bond donors (Lipinski definition) is 1. The minimum Gasteiger partial charge on any atom is -0.489 e. The van der Waals surface area contributed by atoms with Crippen LogP contribution in [0.1, 0.15) is 6.42 Å². The van der Waals surface area contributed by atoms with E-state index in [1.54, 1.807) is 30.5 Å². The van der Waals surface area contributed by atoms with Gasteiger partial charge in [0.25, 0.3) is 0 Å². The summed E-state index contributed by atoms with van der Waals surface area (Å²) in [6, 6.07) is 15.3. The number of rotatable bonds is 3. The van der Waals surface area contributed by atoms with E-state index in [9.17, 15) is 0 Å². The van der Waals surface area contributed by atoms with Crippen molar-refractivity contribution in [2.45, 2.75) is 6.42 Å². The number of anilines is 1. The predicted octanol–water partition coefficient (Wildman–Crippen LogP) is 4.11. The molecule has 1 heterocycles. The van der Waals surface area contributed by atoms with Crippen LogP contribution in [0.4, 0.5) is 5.82 Å². The summed E-state index contributed by atoms with van der Waals surface area (Å²) in [6.45, 7) is 4.53. The Bertz CT molecular complexity index is 441. The van der Waals surface area contributed by atoms with Crippen molar-refractivity contribution in [2.24, 2.45) is 0 Å². The van der Waals surface area contributed by atoms with Gasteiger partial charge in [0.1, 0.15) is 0 Å². The van der Waals surface area contributed by atoms with Gasteiger partial charge >= 0.3 is 31.1 Å². The fraction of sp³-hybridized carbons (Fsp3) is 0.143. The van der Waals surface area contributed by atoms with Crippen LogP contribution in [-0.4, -0.2) is 11.5 Å². The Balaban J connectivity index is 0. The van der Waals surface area contributed by atoms with E-state index in [-0.39, 0.29) is 63.8 Å². The average molecular weight is 606 g/mol. The first-order valence-electron chi connectivity index (χ1n) is 5.32. The maximum Gasteiger partial charge on any atom is 2.00 e. The van der Waals surface area contributed by atoms with Gasteiger partial charge in [0.05, 0.1) is 0 Å². The second kappa shape index (κ2) is 14.8. The normalized spacial score (nSPS) is 8.35. The van der Waals surface area contributed by atoms with Crippen LogP contribution in [0.15, 0.2) is 30.5 Å². The summed E-state index contributed by atoms with van der Waals surface area (Å²) >= 11 is 11.0. The third-order valence-corrected chi connectivity index (χ3v) is 2.19. The molecule has 2 aromatic rings. The molecule has 101 valence electrons. The summed E-state index contributed by atoms with van der Waals surface area (Å²) in [7, 11) is 0. The molecule has 1 radical (unpaired) electrons. The second-order valence-corrected chi connectivity index (χ2v) is 4.00. The quantitative estimate of drug-likeness (QED) is 0.533. The first-order chi connectivity index (χ1) is 8.72. The zero-order valence-corrected chi connectivity index (χ0v) is 19.3. The van der Waals surface area contributed by atoms with Crippen LogP contribution in [0.3, 0.4) is 0 Å². The summed E-state index contributed by atoms with van der Waals surface area (Å²) in [5.41, 5.74) is 0. The number of hydrogen-bond acceptors (Lipinski definition) is 2. The van der Waals surface area contributed by atoms with Gasteiger partial charge in [0.15, 0.2) is 0 Å². The Kier molecular flexibility index (Phi) is 17.2. The SMILES string of the molecule is Clc1[c-]c(Cl)ccc1.[CH2-]CCNc1[c-]c[c-]cn1.[U+2].[Y]. The van der Waals surface area contributed by atoms with Gasteiger partial charge in [-0.3, -0.25) is 0 Å². The molecule has 0 aliphatic carbocycles. The van der Waals surface area contributed by atoms with Gasteiger partial charge < -0.3 is 35.4 Å². The van der Waals surface area contributed by atoms with Crippen LogP contribution in [0.25, 0.3) is 0 Å². The monoisotopic (exact) mass is 605 g/mol. The number of aromatic nitrogens is 1. The summed E-state index contributed by atoms with van der Waals surface area (Å²) in [6.07, 6.45) is 2.47. The topological polar surface area (TPSA) is 24.9 Å². The van der Waals surface area contributed by atoms with Gasteiger partial charge in [0, 0.05) is 32.7 Å². The van der Waals surface area contributed by atoms with Crippen molar-refractivity contribution >= 4 is 29.0 Å². The molecule has 0 amide bonds. The molecular formula is C14H12Cl2N2UY-2. The Hall–Kier alpha value is 0.906. The summed E-state index contributed by atoms with van der Waals surface area (Å²) < 4.78 is 0. The van der Waals surface area contributed by atoms with E-state index < -0.39 is 0 Å². The summed E-state index contributed by atoms with van der Waals surface area (Å²) in [4.78, 5) is 3.97. The van der Waals surface area contributed by atoms with Crippen LogP contribution < -0.4 is 5.32 Å². The number of benzene rings is 1. The van der Waals surface area contributed by atoms with Crippen molar-refractivity contribution in [3.63, 3.8) is 0 Å². The van der Waals surface area contributed by atoms with Crippen molar-refractivity contribution in [2.75, 3.05) is 11.9 Å². The van der Waals surface area contributed by atoms with Gasteiger partial charge in [-0.25, -0.2) is 0 Å². The zero-order chi connectivity index (χ0) is 13.2. The van der Waals surface area contributed by atoms with Crippen molar-refractivity contribution in [3.8, 4) is 0 Å². The standard InChI is InChI=1S/C8H9N2.C6H3Cl2.U.Y/c1-2-6-9-8-5-3-4-7-10-8;7-5-2-1-3-6(8)4-5;;/h3,7H,1-2,6H2,(H,9,10);1-3H;;/q-3;-1;+2;. The number of nitrogens with zero attached hydrogens (tertiary/aromatic N) is 1. The molecule has 0 aliphatic rings. The molecule has 1 aromatic heterocycles. The van der Waals surface area contributed by atoms with Crippen molar-refractivity contribution < 1.29 is 63.8 Å². The van der Waals surface area contributed by atoms with E-state index in [1.807, 2.05) is 0 Å². The number of halogens is 2. The summed E-state index contributed by atoms with van der Waals surface area (Å²) in [5, 5.41) is 4.15. The molecule has 0 aliphatic heterocycles. The summed E-state index contributed by atoms with van der Waals surface area (Å²) in [5.74, 6) is 0.766. The van der Waals surface area contributed by atoms with Crippen molar-refractivity contribution in [1.82, 2.24) is 4.98 Å². The molecule has 0 spiro atoms. The molecule has 1 aromatic carbocycles. The molecule has 0 atom stereocenters. The molecule has 0 saturated heterocycles. The minimum absolute atomic E-state index is 0. The number of nitrogens with one attached hydrogen (secondary N) is 1. The Morgan fingerprint density at radius 1 is 1.25 bits per heavy atom. The van der Waals surface area contributed by atoms with Gasteiger partial charge in [0.2, 0.25) is 0 Å². The van der Waals surface area contributed by atoms with Crippen LogP contribution >= 0.6 is 23.2 Å². The first kappa shape index (κ1) is 23.2. The van der Waals surface area contributed by atoms with Gasteiger partial charge in [-0.15, -0.1) is 29.3 Å². The van der Waals surface area contributed by atoms with E-state index in [1.165, 1.54) is 0 Å². The molecule has 0 bridgehead atoms. The van der Waals surface area contributed by atoms with Gasteiger partial charge in [-0.2, -0.15) is 30.8 Å². The third kappa shape index (κ3) is 11.6. The van der Waals surface area contributed by atoms with Crippen LogP contribution in [0.5, 0.6) is 0 Å². The Morgan fingerprint density at radius 3 is 2.30 bits per heavy atom. The van der Waals surface area contributed by atoms with E-state index in [0.717, 1.165) is 18.8 Å². The second-order valence-electron chi connectivity index (χ2n) is 3.19. The van der Waals surface area contributed by atoms with Crippen LogP contribution in [0, 0.1) is 56.2 Å². The molecule has 0 fully saturated rings. The molecular weight excluding hydrogens is 594 g/mol. The fourth-order valence-electron chi connectivity index (χ4n) is 1.00. The predicted molar refractivity (Wildman–Crippen MR) is 75.7 cm³/mol. The third-order valence-electron chi connectivity index (χ3n) is 1.75. The smallest absolute Gasteiger partial charge is 0.489 e. The van der Waals surface area contributed by atoms with Crippen LogP contribution in [0.2, 0.25) is 10.0 Å². The average Bonchev–Trinajstić information content (AvgIpc) is 2.38. The molecule has 2 nitrogen and oxygen atoms in total. The van der Waals surface area contributed by atoms with Crippen LogP contribution in [-0.2, 0) is 32.7 Å². The zero-order valence-electron chi connectivity index (χ0n) is 10.8. The fourth-order valence-corrected chi connectivity index (χ4v) is 1.40. The first-order valence-corrected chi connectivity index (χ1v) is 6.08. The minimum atomic E-state index is 0. The van der Waals surface area contributed by atoms with Crippen molar-refractivity contribution in [3.05, 3.63) is 65.6 Å². The number of pyridine rings is 1. The Morgan fingerprint density at radius 2 is 1.90 bits per heavy atom. The van der Waals surface area contributed by atoms with Crippen molar-refractivity contribution in [1.29, 1.82) is 0 Å². The Labute approximate surface area is 179 Å². The molecule has 2 rings (SSSR count). The van der Waals surface area contributed by atoms with E-state index in [4.69, 9.17) is 23.2 Å². The van der Waals surface area contributed by atoms with Gasteiger partial charge in [-0.1, -0.05) is 15.9 Å². The molecule has 6 heteroatoms. The van der Waals surface area contributed by atoms with E-state index in [0.29, 0.717) is 10.0 Å². The van der Waals surface area contributed by atoms with Gasteiger partial charge in [-0.05, 0) is 6.54 Å². The van der Waals surface area contributed by atoms with E-state index in [2.05, 4.69) is 35.4 Å². The molecule has 20 heavy (non-hydrogen) atoms. The van der Waals surface area contributed by atoms with E-state index >= 15 is 0 Å². The largest absolute Gasteiger partial charge is 2.00 e. The molecule has 0 saturated carbocycles. The molecule has 1 N–H and O–H groups in total. The maximum atomic E-state index is 5.50. The molecule has 0 unspecified atom stereocenters.